The molecule has 0 aliphatic heterocycles. The number of nitrogens with zero attached hydrogens (tertiary/aromatic N) is 1. The molecule has 106 valence electrons. The van der Waals surface area contributed by atoms with Crippen molar-refractivity contribution in [2.75, 3.05) is 5.73 Å². The molecule has 0 fully saturated rings. The molecule has 0 amide bonds. The zero-order valence-corrected chi connectivity index (χ0v) is 13.2. The maximum Gasteiger partial charge on any atom is 0.127 e. The topological polar surface area (TPSA) is 48.0 Å². The van der Waals surface area contributed by atoms with Crippen LogP contribution in [0, 0.1) is 0 Å². The van der Waals surface area contributed by atoms with Gasteiger partial charge in [0.1, 0.15) is 6.29 Å². The van der Waals surface area contributed by atoms with Gasteiger partial charge in [-0.05, 0) is 45.8 Å². The van der Waals surface area contributed by atoms with E-state index in [1.54, 1.807) is 0 Å². The van der Waals surface area contributed by atoms with Crippen LogP contribution in [0.25, 0.3) is 16.6 Å². The second kappa shape index (κ2) is 5.37. The average Bonchev–Trinajstić information content (AvgIpc) is 2.86. The number of halogens is 1. The van der Waals surface area contributed by atoms with Crippen molar-refractivity contribution in [3.63, 3.8) is 0 Å². The number of para-hydroxylation sites is 1. The molecule has 0 saturated heterocycles. The number of carbonyl (C=O) groups is 1. The van der Waals surface area contributed by atoms with Gasteiger partial charge < -0.3 is 15.1 Å². The Bertz CT molecular complexity index is 823. The largest absolute Gasteiger partial charge is 0.399 e. The first-order valence-corrected chi connectivity index (χ1v) is 7.52. The fourth-order valence-corrected chi connectivity index (χ4v) is 3.15. The molecule has 0 radical (unpaired) electrons. The molecule has 1 aromatic heterocycles. The Morgan fingerprint density at radius 1 is 1.24 bits per heavy atom. The van der Waals surface area contributed by atoms with Crippen molar-refractivity contribution in [1.82, 2.24) is 4.57 Å². The minimum absolute atomic E-state index is 0.135. The van der Waals surface area contributed by atoms with Gasteiger partial charge in [-0.15, -0.1) is 0 Å². The van der Waals surface area contributed by atoms with E-state index in [0.29, 0.717) is 5.69 Å². The summed E-state index contributed by atoms with van der Waals surface area (Å²) in [4.78, 5) is 11.2. The number of nitrogen functional groups attached to an aromatic ring is 1. The molecule has 0 spiro atoms. The summed E-state index contributed by atoms with van der Waals surface area (Å²) >= 11 is 3.56. The fraction of sp³-hybridized carbons (Fsp3) is 0.118. The summed E-state index contributed by atoms with van der Waals surface area (Å²) < 4.78 is 3.02. The maximum absolute atomic E-state index is 11.2. The number of aromatic nitrogens is 1. The lowest BCUT2D eigenvalue weighted by Gasteiger charge is -2.08. The first-order valence-electron chi connectivity index (χ1n) is 6.72. The average molecular weight is 343 g/mol. The van der Waals surface area contributed by atoms with Gasteiger partial charge in [0, 0.05) is 27.7 Å². The number of hydrogen-bond acceptors (Lipinski definition) is 2. The number of carbonyl (C=O) groups excluding carboxylic acids is 1. The summed E-state index contributed by atoms with van der Waals surface area (Å²) in [6.45, 7) is 1.91. The van der Waals surface area contributed by atoms with Crippen molar-refractivity contribution >= 4 is 38.8 Å². The molecule has 1 heterocycles. The van der Waals surface area contributed by atoms with E-state index in [1.165, 1.54) is 0 Å². The summed E-state index contributed by atoms with van der Waals surface area (Å²) in [5.74, 6) is -0.135. The minimum Gasteiger partial charge on any atom is -0.399 e. The molecule has 0 bridgehead atoms. The molecule has 0 aliphatic carbocycles. The van der Waals surface area contributed by atoms with Crippen LogP contribution < -0.4 is 5.73 Å². The van der Waals surface area contributed by atoms with Gasteiger partial charge in [-0.3, -0.25) is 0 Å². The van der Waals surface area contributed by atoms with Crippen LogP contribution in [-0.2, 0) is 4.79 Å². The lowest BCUT2D eigenvalue weighted by molar-refractivity contribution is -0.108. The van der Waals surface area contributed by atoms with E-state index in [1.807, 2.05) is 49.5 Å². The van der Waals surface area contributed by atoms with Gasteiger partial charge in [0.25, 0.3) is 0 Å². The molecule has 3 nitrogen and oxygen atoms in total. The minimum atomic E-state index is -0.135. The Hall–Kier alpha value is -2.07. The first-order chi connectivity index (χ1) is 10.1. The predicted molar refractivity (Wildman–Crippen MR) is 89.9 cm³/mol. The molecule has 21 heavy (non-hydrogen) atoms. The van der Waals surface area contributed by atoms with E-state index in [0.717, 1.165) is 32.9 Å². The van der Waals surface area contributed by atoms with Gasteiger partial charge in [-0.25, -0.2) is 0 Å². The highest BCUT2D eigenvalue weighted by Crippen LogP contribution is 2.32. The van der Waals surface area contributed by atoms with E-state index in [-0.39, 0.29) is 5.92 Å². The Morgan fingerprint density at radius 2 is 2.00 bits per heavy atom. The second-order valence-corrected chi connectivity index (χ2v) is 5.96. The van der Waals surface area contributed by atoms with Crippen LogP contribution in [0.1, 0.15) is 18.4 Å². The normalized spacial score (nSPS) is 12.5. The third-order valence-electron chi connectivity index (χ3n) is 3.67. The van der Waals surface area contributed by atoms with Crippen molar-refractivity contribution in [2.45, 2.75) is 12.8 Å². The lowest BCUT2D eigenvalue weighted by atomic mass is 10.0. The number of anilines is 1. The van der Waals surface area contributed by atoms with E-state index < -0.39 is 0 Å². The van der Waals surface area contributed by atoms with E-state index >= 15 is 0 Å². The van der Waals surface area contributed by atoms with Crippen LogP contribution in [0.4, 0.5) is 5.69 Å². The number of rotatable bonds is 3. The van der Waals surface area contributed by atoms with Crippen molar-refractivity contribution in [1.29, 1.82) is 0 Å². The maximum atomic E-state index is 11.2. The van der Waals surface area contributed by atoms with Crippen LogP contribution in [0.3, 0.4) is 0 Å². The quantitative estimate of drug-likeness (QED) is 0.570. The molecule has 2 N–H and O–H groups in total. The molecule has 0 aliphatic rings. The summed E-state index contributed by atoms with van der Waals surface area (Å²) in [6.07, 6.45) is 3.00. The van der Waals surface area contributed by atoms with Crippen LogP contribution in [-0.4, -0.2) is 10.9 Å². The van der Waals surface area contributed by atoms with Crippen molar-refractivity contribution in [3.8, 4) is 5.69 Å². The third-order valence-corrected chi connectivity index (χ3v) is 4.30. The zero-order valence-electron chi connectivity index (χ0n) is 11.6. The van der Waals surface area contributed by atoms with Gasteiger partial charge in [0.05, 0.1) is 11.2 Å². The van der Waals surface area contributed by atoms with Gasteiger partial charge >= 0.3 is 0 Å². The summed E-state index contributed by atoms with van der Waals surface area (Å²) in [6, 6.07) is 13.8. The van der Waals surface area contributed by atoms with Crippen LogP contribution in [0.15, 0.2) is 53.1 Å². The standard InChI is InChI=1S/C17H15BrN2O/c1-11(10-21)14-9-20(16-5-3-2-4-13(14)16)17-7-6-12(19)8-15(17)18/h2-11H,19H2,1H3. The molecule has 0 saturated carbocycles. The number of benzene rings is 2. The second-order valence-electron chi connectivity index (χ2n) is 5.11. The van der Waals surface area contributed by atoms with Gasteiger partial charge in [0.2, 0.25) is 0 Å². The van der Waals surface area contributed by atoms with Crippen molar-refractivity contribution in [2.24, 2.45) is 0 Å². The van der Waals surface area contributed by atoms with Gasteiger partial charge in [-0.2, -0.15) is 0 Å². The predicted octanol–water partition coefficient (Wildman–Crippen LogP) is 4.28. The van der Waals surface area contributed by atoms with Gasteiger partial charge in [0.15, 0.2) is 0 Å². The summed E-state index contributed by atoms with van der Waals surface area (Å²) in [5.41, 5.74) is 9.63. The van der Waals surface area contributed by atoms with Crippen LogP contribution in [0.2, 0.25) is 0 Å². The van der Waals surface area contributed by atoms with Crippen LogP contribution in [0.5, 0.6) is 0 Å². The molecule has 3 rings (SSSR count). The third kappa shape index (κ3) is 2.36. The van der Waals surface area contributed by atoms with Crippen LogP contribution >= 0.6 is 15.9 Å². The zero-order chi connectivity index (χ0) is 15.0. The fourth-order valence-electron chi connectivity index (χ4n) is 2.56. The highest BCUT2D eigenvalue weighted by molar-refractivity contribution is 9.10. The molecular weight excluding hydrogens is 328 g/mol. The highest BCUT2D eigenvalue weighted by atomic mass is 79.9. The monoisotopic (exact) mass is 342 g/mol. The molecule has 4 heteroatoms. The SMILES string of the molecule is CC(C=O)c1cn(-c2ccc(N)cc2Br)c2ccccc12. The Labute approximate surface area is 131 Å². The molecular formula is C17H15BrN2O. The summed E-state index contributed by atoms with van der Waals surface area (Å²) in [5, 5.41) is 1.10. The lowest BCUT2D eigenvalue weighted by Crippen LogP contribution is -1.96. The number of aldehydes is 1. The Morgan fingerprint density at radius 3 is 2.71 bits per heavy atom. The first kappa shape index (κ1) is 13.9. The molecule has 1 atom stereocenters. The smallest absolute Gasteiger partial charge is 0.127 e. The van der Waals surface area contributed by atoms with E-state index in [9.17, 15) is 4.79 Å². The number of fused-ring (bicyclic) bond motifs is 1. The Kier molecular flexibility index (Phi) is 3.55. The molecule has 3 aromatic rings. The van der Waals surface area contributed by atoms with E-state index in [4.69, 9.17) is 5.73 Å². The number of nitrogens with two attached hydrogens (primary N) is 1. The molecule has 2 aromatic carbocycles. The van der Waals surface area contributed by atoms with Crippen molar-refractivity contribution < 1.29 is 4.79 Å². The van der Waals surface area contributed by atoms with E-state index in [2.05, 4.69) is 26.6 Å². The van der Waals surface area contributed by atoms with Gasteiger partial charge in [-0.1, -0.05) is 25.1 Å². The highest BCUT2D eigenvalue weighted by Gasteiger charge is 2.15. The van der Waals surface area contributed by atoms with Crippen molar-refractivity contribution in [3.05, 3.63) is 58.7 Å². The molecule has 1 unspecified atom stereocenters. The Balaban J connectivity index is 2.30. The summed E-state index contributed by atoms with van der Waals surface area (Å²) in [7, 11) is 0. The number of hydrogen-bond donors (Lipinski definition) is 1.